The fourth-order valence-electron chi connectivity index (χ4n) is 0.619. The van der Waals surface area contributed by atoms with Gasteiger partial charge in [0.25, 0.3) is 0 Å². The van der Waals surface area contributed by atoms with E-state index >= 15 is 0 Å². The van der Waals surface area contributed by atoms with Gasteiger partial charge in [-0.25, -0.2) is 0 Å². The average molecular weight is 152 g/mol. The normalized spacial score (nSPS) is 7.09. The van der Waals surface area contributed by atoms with Gasteiger partial charge < -0.3 is 0 Å². The van der Waals surface area contributed by atoms with E-state index in [1.165, 1.54) is 0 Å². The molecule has 0 bridgehead atoms. The van der Waals surface area contributed by atoms with Crippen LogP contribution in [0.5, 0.6) is 0 Å². The zero-order valence-corrected chi connectivity index (χ0v) is 5.20. The molecule has 1 rings (SSSR count). The van der Waals surface area contributed by atoms with E-state index < -0.39 is 0 Å². The Hall–Kier alpha value is -0.800. The van der Waals surface area contributed by atoms with Crippen molar-refractivity contribution in [1.29, 1.82) is 10.5 Å². The quantitative estimate of drug-likeness (QED) is 0.516. The van der Waals surface area contributed by atoms with Crippen LogP contribution in [0.15, 0.2) is 24.3 Å². The maximum absolute atomic E-state index is 8.37. The first-order chi connectivity index (χ1) is 4.86. The molecule has 0 unspecified atom stereocenters. The van der Waals surface area contributed by atoms with Crippen LogP contribution in [0, 0.1) is 22.7 Å². The summed E-state index contributed by atoms with van der Waals surface area (Å²) in [4.78, 5) is 0. The summed E-state index contributed by atoms with van der Waals surface area (Å²) in [5, 5.41) is 16.7. The van der Waals surface area contributed by atoms with Gasteiger partial charge in [-0.05, 0) is 24.3 Å². The SMILES string of the molecule is N#Cc1ccc(C#N)cc1.[NaH]. The van der Waals surface area contributed by atoms with Crippen molar-refractivity contribution in [2.24, 2.45) is 0 Å². The molecule has 0 N–H and O–H groups in total. The molecule has 0 heterocycles. The molecule has 0 saturated heterocycles. The molecule has 1 aromatic carbocycles. The van der Waals surface area contributed by atoms with Crippen LogP contribution in [-0.2, 0) is 0 Å². The number of nitriles is 2. The first-order valence-corrected chi connectivity index (χ1v) is 2.77. The van der Waals surface area contributed by atoms with Crippen molar-refractivity contribution in [3.8, 4) is 12.1 Å². The third-order valence-electron chi connectivity index (χ3n) is 1.14. The Morgan fingerprint density at radius 3 is 1.27 bits per heavy atom. The van der Waals surface area contributed by atoms with Gasteiger partial charge in [0.2, 0.25) is 0 Å². The zero-order chi connectivity index (χ0) is 7.40. The van der Waals surface area contributed by atoms with Gasteiger partial charge in [0.05, 0.1) is 23.3 Å². The number of benzene rings is 1. The van der Waals surface area contributed by atoms with Crippen LogP contribution in [0.25, 0.3) is 0 Å². The number of hydrogen-bond acceptors (Lipinski definition) is 2. The molecule has 3 heteroatoms. The molecule has 0 spiro atoms. The number of hydrogen-bond donors (Lipinski definition) is 0. The first kappa shape index (κ1) is 10.2. The summed E-state index contributed by atoms with van der Waals surface area (Å²) >= 11 is 0. The van der Waals surface area contributed by atoms with E-state index in [1.54, 1.807) is 24.3 Å². The molecule has 11 heavy (non-hydrogen) atoms. The molecule has 0 amide bonds. The van der Waals surface area contributed by atoms with Gasteiger partial charge >= 0.3 is 29.6 Å². The molecule has 0 atom stereocenters. The van der Waals surface area contributed by atoms with Crippen molar-refractivity contribution >= 4 is 29.6 Å². The summed E-state index contributed by atoms with van der Waals surface area (Å²) in [7, 11) is 0. The molecule has 48 valence electrons. The zero-order valence-electron chi connectivity index (χ0n) is 5.20. The van der Waals surface area contributed by atoms with Crippen LogP contribution in [0.2, 0.25) is 0 Å². The van der Waals surface area contributed by atoms with Gasteiger partial charge in [0, 0.05) is 0 Å². The van der Waals surface area contributed by atoms with Crippen LogP contribution < -0.4 is 0 Å². The molecule has 0 radical (unpaired) electrons. The molecule has 0 aliphatic heterocycles. The topological polar surface area (TPSA) is 47.6 Å². The van der Waals surface area contributed by atoms with Crippen LogP contribution in [0.4, 0.5) is 0 Å². The minimum atomic E-state index is 0. The summed E-state index contributed by atoms with van der Waals surface area (Å²) in [6.45, 7) is 0. The Morgan fingerprint density at radius 2 is 1.09 bits per heavy atom. The van der Waals surface area contributed by atoms with Gasteiger partial charge in [-0.15, -0.1) is 0 Å². The van der Waals surface area contributed by atoms with Gasteiger partial charge in [0.15, 0.2) is 0 Å². The summed E-state index contributed by atoms with van der Waals surface area (Å²) < 4.78 is 0. The minimum absolute atomic E-state index is 0. The fourth-order valence-corrected chi connectivity index (χ4v) is 0.619. The second kappa shape index (κ2) is 4.93. The van der Waals surface area contributed by atoms with E-state index in [0.717, 1.165) is 0 Å². The van der Waals surface area contributed by atoms with Crippen molar-refractivity contribution in [2.75, 3.05) is 0 Å². The van der Waals surface area contributed by atoms with Crippen LogP contribution >= 0.6 is 0 Å². The molecule has 0 aliphatic rings. The molecule has 1 aromatic rings. The van der Waals surface area contributed by atoms with Crippen LogP contribution in [0.3, 0.4) is 0 Å². The third-order valence-corrected chi connectivity index (χ3v) is 1.14. The van der Waals surface area contributed by atoms with E-state index in [-0.39, 0.29) is 29.6 Å². The summed E-state index contributed by atoms with van der Waals surface area (Å²) in [6.07, 6.45) is 0. The Labute approximate surface area is 87.4 Å². The monoisotopic (exact) mass is 152 g/mol. The molecule has 2 nitrogen and oxygen atoms in total. The van der Waals surface area contributed by atoms with Gasteiger partial charge in [0.1, 0.15) is 0 Å². The van der Waals surface area contributed by atoms with Gasteiger partial charge in [-0.1, -0.05) is 0 Å². The molecule has 0 aromatic heterocycles. The number of nitrogens with zero attached hydrogens (tertiary/aromatic N) is 2. The third kappa shape index (κ3) is 2.74. The van der Waals surface area contributed by atoms with E-state index in [2.05, 4.69) is 0 Å². The van der Waals surface area contributed by atoms with E-state index in [4.69, 9.17) is 10.5 Å². The Kier molecular flexibility index (Phi) is 4.57. The first-order valence-electron chi connectivity index (χ1n) is 2.77. The molecular weight excluding hydrogens is 147 g/mol. The van der Waals surface area contributed by atoms with Gasteiger partial charge in [-0.2, -0.15) is 10.5 Å². The van der Waals surface area contributed by atoms with Gasteiger partial charge in [-0.3, -0.25) is 0 Å². The van der Waals surface area contributed by atoms with Crippen molar-refractivity contribution in [3.63, 3.8) is 0 Å². The molecule has 0 fully saturated rings. The average Bonchev–Trinajstić information content (AvgIpc) is 2.05. The second-order valence-corrected chi connectivity index (χ2v) is 1.80. The Balaban J connectivity index is 0.000001000. The molecule has 0 saturated carbocycles. The summed E-state index contributed by atoms with van der Waals surface area (Å²) in [6, 6.07) is 10.4. The standard InChI is InChI=1S/C8H4N2.Na.H/c9-5-7-1-2-8(6-10)4-3-7;;/h1-4H;;. The van der Waals surface area contributed by atoms with Crippen molar-refractivity contribution < 1.29 is 0 Å². The van der Waals surface area contributed by atoms with Crippen LogP contribution in [0.1, 0.15) is 11.1 Å². The predicted octanol–water partition coefficient (Wildman–Crippen LogP) is 0.781. The van der Waals surface area contributed by atoms with E-state index in [0.29, 0.717) is 11.1 Å². The van der Waals surface area contributed by atoms with Crippen molar-refractivity contribution in [1.82, 2.24) is 0 Å². The van der Waals surface area contributed by atoms with E-state index in [9.17, 15) is 0 Å². The van der Waals surface area contributed by atoms with Crippen molar-refractivity contribution in [3.05, 3.63) is 35.4 Å². The predicted molar refractivity (Wildman–Crippen MR) is 43.0 cm³/mol. The summed E-state index contributed by atoms with van der Waals surface area (Å²) in [5.41, 5.74) is 1.16. The fraction of sp³-hybridized carbons (Fsp3) is 0. The Morgan fingerprint density at radius 1 is 0.818 bits per heavy atom. The Bertz CT molecular complexity index is 269. The molecular formula is C8H5N2Na. The van der Waals surface area contributed by atoms with Crippen LogP contribution in [-0.4, -0.2) is 29.6 Å². The second-order valence-electron chi connectivity index (χ2n) is 1.80. The number of rotatable bonds is 0. The maximum atomic E-state index is 8.37. The van der Waals surface area contributed by atoms with Crippen molar-refractivity contribution in [2.45, 2.75) is 0 Å². The molecule has 0 aliphatic carbocycles. The summed E-state index contributed by atoms with van der Waals surface area (Å²) in [5.74, 6) is 0. The van der Waals surface area contributed by atoms with E-state index in [1.807, 2.05) is 12.1 Å².